The Morgan fingerprint density at radius 3 is 2.64 bits per heavy atom. The number of likely N-dealkylation sites (tertiary alicyclic amines) is 1. The molecule has 4 heteroatoms. The monoisotopic (exact) mass is 194 g/mol. The van der Waals surface area contributed by atoms with Crippen LogP contribution in [0.25, 0.3) is 0 Å². The Labute approximate surface area is 84.5 Å². The van der Waals surface area contributed by atoms with Crippen LogP contribution in [0.4, 0.5) is 5.69 Å². The summed E-state index contributed by atoms with van der Waals surface area (Å²) in [5.41, 5.74) is 8.72. The van der Waals surface area contributed by atoms with Crippen molar-refractivity contribution in [3.63, 3.8) is 0 Å². The van der Waals surface area contributed by atoms with Crippen molar-refractivity contribution in [2.75, 3.05) is 18.8 Å². The highest BCUT2D eigenvalue weighted by Crippen LogP contribution is 2.17. The van der Waals surface area contributed by atoms with Gasteiger partial charge in [0.1, 0.15) is 0 Å². The molecular formula is C10H18N4. The van der Waals surface area contributed by atoms with Gasteiger partial charge in [-0.2, -0.15) is 5.10 Å². The Morgan fingerprint density at radius 2 is 2.07 bits per heavy atom. The molecule has 0 aliphatic carbocycles. The van der Waals surface area contributed by atoms with Crippen LogP contribution in [0.5, 0.6) is 0 Å². The average molecular weight is 194 g/mol. The maximum absolute atomic E-state index is 5.90. The lowest BCUT2D eigenvalue weighted by Crippen LogP contribution is -2.29. The summed E-state index contributed by atoms with van der Waals surface area (Å²) in [4.78, 5) is 2.43. The molecule has 2 rings (SSSR count). The summed E-state index contributed by atoms with van der Waals surface area (Å²) >= 11 is 0. The molecule has 4 nitrogen and oxygen atoms in total. The van der Waals surface area contributed by atoms with Crippen molar-refractivity contribution in [1.82, 2.24) is 15.1 Å². The summed E-state index contributed by atoms with van der Waals surface area (Å²) in [5.74, 6) is 0. The number of anilines is 1. The van der Waals surface area contributed by atoms with Crippen LogP contribution in [0.3, 0.4) is 0 Å². The molecule has 1 fully saturated rings. The second-order valence-electron chi connectivity index (χ2n) is 4.05. The first-order valence-electron chi connectivity index (χ1n) is 5.29. The fourth-order valence-corrected chi connectivity index (χ4v) is 1.94. The van der Waals surface area contributed by atoms with E-state index in [1.807, 2.05) is 6.92 Å². The SMILES string of the molecule is Cc1[nH]nc(CN2CCCCC2)c1N. The quantitative estimate of drug-likeness (QED) is 0.745. The topological polar surface area (TPSA) is 57.9 Å². The van der Waals surface area contributed by atoms with Crippen molar-refractivity contribution in [3.05, 3.63) is 11.4 Å². The standard InChI is InChI=1S/C10H18N4/c1-8-10(11)9(13-12-8)7-14-5-3-2-4-6-14/h2-7,11H2,1H3,(H,12,13). The molecule has 0 saturated carbocycles. The first-order valence-corrected chi connectivity index (χ1v) is 5.29. The van der Waals surface area contributed by atoms with E-state index in [2.05, 4.69) is 15.1 Å². The predicted octanol–water partition coefficient (Wildman–Crippen LogP) is 1.29. The highest BCUT2D eigenvalue weighted by Gasteiger charge is 2.14. The Morgan fingerprint density at radius 1 is 1.36 bits per heavy atom. The van der Waals surface area contributed by atoms with E-state index < -0.39 is 0 Å². The van der Waals surface area contributed by atoms with E-state index in [0.717, 1.165) is 23.6 Å². The number of aryl methyl sites for hydroxylation is 1. The molecule has 1 aromatic heterocycles. The second kappa shape index (κ2) is 4.00. The van der Waals surface area contributed by atoms with Crippen molar-refractivity contribution in [1.29, 1.82) is 0 Å². The molecule has 0 amide bonds. The van der Waals surface area contributed by atoms with E-state index in [9.17, 15) is 0 Å². The molecule has 0 bridgehead atoms. The molecule has 1 saturated heterocycles. The van der Waals surface area contributed by atoms with E-state index in [0.29, 0.717) is 0 Å². The van der Waals surface area contributed by atoms with E-state index in [1.54, 1.807) is 0 Å². The maximum Gasteiger partial charge on any atom is 0.0994 e. The van der Waals surface area contributed by atoms with E-state index in [-0.39, 0.29) is 0 Å². The van der Waals surface area contributed by atoms with Crippen LogP contribution >= 0.6 is 0 Å². The van der Waals surface area contributed by atoms with Gasteiger partial charge in [0.15, 0.2) is 0 Å². The molecule has 0 radical (unpaired) electrons. The van der Waals surface area contributed by atoms with E-state index in [4.69, 9.17) is 5.73 Å². The number of H-pyrrole nitrogens is 1. The van der Waals surface area contributed by atoms with Gasteiger partial charge in [0, 0.05) is 6.54 Å². The molecule has 3 N–H and O–H groups in total. The fraction of sp³-hybridized carbons (Fsp3) is 0.700. The molecule has 78 valence electrons. The minimum absolute atomic E-state index is 0.829. The van der Waals surface area contributed by atoms with Gasteiger partial charge in [0.2, 0.25) is 0 Å². The summed E-state index contributed by atoms with van der Waals surface area (Å²) in [6.07, 6.45) is 3.98. The lowest BCUT2D eigenvalue weighted by molar-refractivity contribution is 0.219. The second-order valence-corrected chi connectivity index (χ2v) is 4.05. The molecule has 0 spiro atoms. The molecule has 14 heavy (non-hydrogen) atoms. The van der Waals surface area contributed by atoms with Gasteiger partial charge in [-0.05, 0) is 32.9 Å². The van der Waals surface area contributed by atoms with Crippen LogP contribution in [-0.2, 0) is 6.54 Å². The largest absolute Gasteiger partial charge is 0.396 e. The van der Waals surface area contributed by atoms with Crippen molar-refractivity contribution in [3.8, 4) is 0 Å². The van der Waals surface area contributed by atoms with Crippen LogP contribution in [-0.4, -0.2) is 28.2 Å². The normalized spacial score (nSPS) is 18.6. The van der Waals surface area contributed by atoms with Gasteiger partial charge in [-0.25, -0.2) is 0 Å². The number of nitrogens with two attached hydrogens (primary N) is 1. The zero-order chi connectivity index (χ0) is 9.97. The molecule has 1 aliphatic heterocycles. The zero-order valence-corrected chi connectivity index (χ0v) is 8.71. The van der Waals surface area contributed by atoms with Crippen LogP contribution in [0.1, 0.15) is 30.7 Å². The van der Waals surface area contributed by atoms with Gasteiger partial charge >= 0.3 is 0 Å². The third kappa shape index (κ3) is 1.90. The third-order valence-electron chi connectivity index (χ3n) is 2.90. The minimum atomic E-state index is 0.829. The van der Waals surface area contributed by atoms with Gasteiger partial charge in [-0.15, -0.1) is 0 Å². The van der Waals surface area contributed by atoms with Crippen molar-refractivity contribution >= 4 is 5.69 Å². The number of rotatable bonds is 2. The van der Waals surface area contributed by atoms with E-state index in [1.165, 1.54) is 32.4 Å². The maximum atomic E-state index is 5.90. The molecule has 1 aromatic rings. The summed E-state index contributed by atoms with van der Waals surface area (Å²) in [6.45, 7) is 5.23. The fourth-order valence-electron chi connectivity index (χ4n) is 1.94. The number of nitrogens with zero attached hydrogens (tertiary/aromatic N) is 2. The highest BCUT2D eigenvalue weighted by molar-refractivity contribution is 5.46. The van der Waals surface area contributed by atoms with Gasteiger partial charge in [0.05, 0.1) is 17.1 Å². The number of aromatic amines is 1. The van der Waals surface area contributed by atoms with Crippen LogP contribution in [0, 0.1) is 6.92 Å². The molecule has 0 atom stereocenters. The highest BCUT2D eigenvalue weighted by atomic mass is 15.2. The zero-order valence-electron chi connectivity index (χ0n) is 8.71. The smallest absolute Gasteiger partial charge is 0.0994 e. The predicted molar refractivity (Wildman–Crippen MR) is 56.9 cm³/mol. The third-order valence-corrected chi connectivity index (χ3v) is 2.90. The molecule has 0 unspecified atom stereocenters. The summed E-state index contributed by atoms with van der Waals surface area (Å²) in [6, 6.07) is 0. The Kier molecular flexibility index (Phi) is 2.72. The van der Waals surface area contributed by atoms with Crippen molar-refractivity contribution in [2.24, 2.45) is 0 Å². The first-order chi connectivity index (χ1) is 6.77. The van der Waals surface area contributed by atoms with Gasteiger partial charge < -0.3 is 5.73 Å². The van der Waals surface area contributed by atoms with Crippen molar-refractivity contribution < 1.29 is 0 Å². The molecular weight excluding hydrogens is 176 g/mol. The van der Waals surface area contributed by atoms with Crippen LogP contribution in [0.2, 0.25) is 0 Å². The Balaban J connectivity index is 1.99. The van der Waals surface area contributed by atoms with Gasteiger partial charge in [0.25, 0.3) is 0 Å². The lowest BCUT2D eigenvalue weighted by Gasteiger charge is -2.25. The van der Waals surface area contributed by atoms with Gasteiger partial charge in [-0.3, -0.25) is 10.00 Å². The number of aromatic nitrogens is 2. The van der Waals surface area contributed by atoms with Crippen LogP contribution < -0.4 is 5.73 Å². The summed E-state index contributed by atoms with van der Waals surface area (Å²) in [5, 5.41) is 7.14. The lowest BCUT2D eigenvalue weighted by atomic mass is 10.1. The summed E-state index contributed by atoms with van der Waals surface area (Å²) < 4.78 is 0. The van der Waals surface area contributed by atoms with Gasteiger partial charge in [-0.1, -0.05) is 6.42 Å². The number of nitrogen functional groups attached to an aromatic ring is 1. The minimum Gasteiger partial charge on any atom is -0.396 e. The Hall–Kier alpha value is -1.03. The molecule has 0 aromatic carbocycles. The number of hydrogen-bond acceptors (Lipinski definition) is 3. The van der Waals surface area contributed by atoms with E-state index >= 15 is 0 Å². The molecule has 2 heterocycles. The average Bonchev–Trinajstić information content (AvgIpc) is 2.52. The number of hydrogen-bond donors (Lipinski definition) is 2. The van der Waals surface area contributed by atoms with Crippen LogP contribution in [0.15, 0.2) is 0 Å². The number of nitrogens with one attached hydrogen (secondary N) is 1. The summed E-state index contributed by atoms with van der Waals surface area (Å²) in [7, 11) is 0. The first kappa shape index (κ1) is 9.52. The van der Waals surface area contributed by atoms with Crippen molar-refractivity contribution in [2.45, 2.75) is 32.7 Å². The number of piperidine rings is 1. The molecule has 1 aliphatic rings. The Bertz CT molecular complexity index is 299.